The second-order valence-electron chi connectivity index (χ2n) is 15.1. The second-order valence-corrected chi connectivity index (χ2v) is 20.2. The molecular formula is C49H43FIrN4OSi-2. The first-order valence-corrected chi connectivity index (χ1v) is 22.0. The van der Waals surface area contributed by atoms with Gasteiger partial charge < -0.3 is 14.0 Å². The van der Waals surface area contributed by atoms with Gasteiger partial charge in [0, 0.05) is 54.1 Å². The molecule has 0 fully saturated rings. The SMILES string of the molecule is [2H]C(C)(C)c1cc[c-]c(-c2nc3ccccc3n2-c2ccc(F)cc2-c2ccccc2)c1.[2H]C([2H])([2H])c1cc(-c2[c-]ccc3c2oc2nc(C)ccc23)ncc1[Si](C)(C)C.[Ir]. The number of hydrogen-bond acceptors (Lipinski definition) is 4. The van der Waals surface area contributed by atoms with Crippen molar-refractivity contribution < 1.29 is 34.4 Å². The molecule has 57 heavy (non-hydrogen) atoms. The molecule has 5 nitrogen and oxygen atoms in total. The van der Waals surface area contributed by atoms with E-state index in [1.807, 2.05) is 118 Å². The third-order valence-corrected chi connectivity index (χ3v) is 11.9. The maximum absolute atomic E-state index is 14.3. The van der Waals surface area contributed by atoms with Gasteiger partial charge in [0.15, 0.2) is 0 Å². The van der Waals surface area contributed by atoms with Gasteiger partial charge in [-0.3, -0.25) is 4.98 Å². The summed E-state index contributed by atoms with van der Waals surface area (Å²) in [6.45, 7) is 9.81. The van der Waals surface area contributed by atoms with Gasteiger partial charge in [0.1, 0.15) is 5.82 Å². The summed E-state index contributed by atoms with van der Waals surface area (Å²) in [5.41, 5.74) is 9.63. The summed E-state index contributed by atoms with van der Waals surface area (Å²) in [4.78, 5) is 14.0. The molecule has 0 amide bonds. The van der Waals surface area contributed by atoms with E-state index in [1.54, 1.807) is 24.4 Å². The Labute approximate surface area is 353 Å². The number of aryl methyl sites for hydroxylation is 2. The molecule has 8 heteroatoms. The van der Waals surface area contributed by atoms with Crippen LogP contribution in [0.4, 0.5) is 4.39 Å². The number of benzene rings is 5. The topological polar surface area (TPSA) is 56.7 Å². The van der Waals surface area contributed by atoms with Crippen LogP contribution in [0.1, 0.15) is 42.0 Å². The van der Waals surface area contributed by atoms with Crippen molar-refractivity contribution in [3.05, 3.63) is 162 Å². The number of pyridine rings is 2. The number of halogens is 1. The van der Waals surface area contributed by atoms with E-state index in [0.717, 1.165) is 60.6 Å². The van der Waals surface area contributed by atoms with E-state index in [0.29, 0.717) is 33.9 Å². The third kappa shape index (κ3) is 7.90. The molecule has 5 aromatic carbocycles. The summed E-state index contributed by atoms with van der Waals surface area (Å²) in [5.74, 6) is -0.324. The van der Waals surface area contributed by atoms with E-state index in [1.165, 1.54) is 6.07 Å². The Kier molecular flexibility index (Phi) is 9.82. The van der Waals surface area contributed by atoms with Crippen LogP contribution in [0.15, 0.2) is 132 Å². The van der Waals surface area contributed by atoms with Crippen LogP contribution < -0.4 is 5.19 Å². The van der Waals surface area contributed by atoms with Gasteiger partial charge >= 0.3 is 0 Å². The number of para-hydroxylation sites is 2. The molecular weight excluding hydrogens is 900 g/mol. The molecule has 0 aliphatic heterocycles. The van der Waals surface area contributed by atoms with Gasteiger partial charge in [0.2, 0.25) is 5.71 Å². The average Bonchev–Trinajstić information content (AvgIpc) is 3.79. The first kappa shape index (κ1) is 34.7. The number of hydrogen-bond donors (Lipinski definition) is 0. The Morgan fingerprint density at radius 2 is 1.61 bits per heavy atom. The van der Waals surface area contributed by atoms with Crippen LogP contribution in [0.3, 0.4) is 0 Å². The van der Waals surface area contributed by atoms with E-state index in [-0.39, 0.29) is 25.9 Å². The van der Waals surface area contributed by atoms with E-state index in [9.17, 15) is 4.39 Å². The minimum Gasteiger partial charge on any atom is -0.486 e. The Morgan fingerprint density at radius 3 is 2.39 bits per heavy atom. The summed E-state index contributed by atoms with van der Waals surface area (Å²) in [6.07, 6.45) is 1.72. The normalized spacial score (nSPS) is 13.0. The van der Waals surface area contributed by atoms with Crippen LogP contribution in [0.25, 0.3) is 72.6 Å². The van der Waals surface area contributed by atoms with Crippen LogP contribution in [-0.4, -0.2) is 27.6 Å². The number of nitrogens with zero attached hydrogens (tertiary/aromatic N) is 4. The molecule has 4 heterocycles. The fourth-order valence-corrected chi connectivity index (χ4v) is 8.34. The van der Waals surface area contributed by atoms with E-state index < -0.39 is 20.8 Å². The minimum atomic E-state index is -2.20. The maximum Gasteiger partial charge on any atom is 0.216 e. The van der Waals surface area contributed by atoms with Crippen molar-refractivity contribution in [3.63, 3.8) is 0 Å². The molecule has 9 aromatic rings. The first-order chi connectivity index (χ1) is 28.5. The molecule has 0 aliphatic carbocycles. The summed E-state index contributed by atoms with van der Waals surface area (Å²) in [6, 6.07) is 44.1. The Balaban J connectivity index is 0.000000183. The third-order valence-electron chi connectivity index (χ3n) is 9.87. The molecule has 0 saturated heterocycles. The molecule has 0 N–H and O–H groups in total. The van der Waals surface area contributed by atoms with Crippen LogP contribution >= 0.6 is 0 Å². The fourth-order valence-electron chi connectivity index (χ4n) is 7.00. The summed E-state index contributed by atoms with van der Waals surface area (Å²) in [7, 11) is -1.86. The number of aromatic nitrogens is 4. The fraction of sp³-hybridized carbons (Fsp3) is 0.163. The minimum absolute atomic E-state index is 0. The molecule has 0 bridgehead atoms. The van der Waals surface area contributed by atoms with Crippen molar-refractivity contribution in [2.75, 3.05) is 0 Å². The number of rotatable bonds is 6. The molecule has 287 valence electrons. The zero-order chi connectivity index (χ0) is 42.6. The van der Waals surface area contributed by atoms with Crippen molar-refractivity contribution in [2.24, 2.45) is 0 Å². The quantitative estimate of drug-likeness (QED) is 0.123. The van der Waals surface area contributed by atoms with Gasteiger partial charge in [-0.2, -0.15) is 0 Å². The zero-order valence-corrected chi connectivity index (χ0v) is 35.9. The van der Waals surface area contributed by atoms with Crippen LogP contribution in [0, 0.1) is 31.7 Å². The first-order valence-electron chi connectivity index (χ1n) is 20.5. The smallest absolute Gasteiger partial charge is 0.216 e. The van der Waals surface area contributed by atoms with Crippen LogP contribution in [0.2, 0.25) is 19.6 Å². The Morgan fingerprint density at radius 1 is 0.842 bits per heavy atom. The van der Waals surface area contributed by atoms with Crippen molar-refractivity contribution in [2.45, 2.75) is 53.2 Å². The van der Waals surface area contributed by atoms with E-state index in [4.69, 9.17) is 14.9 Å². The van der Waals surface area contributed by atoms with Crippen molar-refractivity contribution in [1.29, 1.82) is 0 Å². The zero-order valence-electron chi connectivity index (χ0n) is 36.5. The van der Waals surface area contributed by atoms with Crippen molar-refractivity contribution in [1.82, 2.24) is 19.5 Å². The summed E-state index contributed by atoms with van der Waals surface area (Å²) < 4.78 is 54.9. The summed E-state index contributed by atoms with van der Waals surface area (Å²) in [5, 5.41) is 2.69. The molecule has 4 aromatic heterocycles. The van der Waals surface area contributed by atoms with Crippen LogP contribution in [0.5, 0.6) is 0 Å². The number of fused-ring (bicyclic) bond motifs is 4. The van der Waals surface area contributed by atoms with Gasteiger partial charge in [-0.1, -0.05) is 98.5 Å². The standard InChI is InChI=1S/C28H22FN2.C21H21N2OSi.Ir/c1-19(2)21-11-8-12-22(17-21)28-30-25-13-6-7-14-27(25)31(28)26-16-15-23(29)18-24(26)20-9-4-3-5-10-20;1-13-11-18(22-12-19(13)25(3,4)5)17-8-6-7-15-16-10-9-14(2)23-21(16)24-20(15)17;/h3-11,13-19H,1-2H3;6-7,9-12H,1-5H3;/q2*-1;/i19D;1D3;. The molecule has 0 aliphatic rings. The Bertz CT molecular complexity index is 3040. The average molecular weight is 947 g/mol. The molecule has 0 atom stereocenters. The van der Waals surface area contributed by atoms with Gasteiger partial charge in [0.25, 0.3) is 0 Å². The molecule has 0 unspecified atom stereocenters. The van der Waals surface area contributed by atoms with Gasteiger partial charge in [-0.15, -0.1) is 53.6 Å². The molecule has 9 rings (SSSR count). The molecule has 0 saturated carbocycles. The van der Waals surface area contributed by atoms with Crippen molar-refractivity contribution in [3.8, 4) is 39.5 Å². The van der Waals surface area contributed by atoms with Crippen molar-refractivity contribution >= 4 is 46.4 Å². The Hall–Kier alpha value is -5.53. The van der Waals surface area contributed by atoms with Gasteiger partial charge in [-0.25, -0.2) is 9.37 Å². The van der Waals surface area contributed by atoms with Gasteiger partial charge in [0.05, 0.1) is 30.5 Å². The molecule has 1 radical (unpaired) electrons. The largest absolute Gasteiger partial charge is 0.486 e. The summed E-state index contributed by atoms with van der Waals surface area (Å²) >= 11 is 0. The van der Waals surface area contributed by atoms with E-state index >= 15 is 0 Å². The van der Waals surface area contributed by atoms with Crippen LogP contribution in [-0.2, 0) is 20.1 Å². The predicted molar refractivity (Wildman–Crippen MR) is 231 cm³/mol. The molecule has 0 spiro atoms. The van der Waals surface area contributed by atoms with Gasteiger partial charge in [-0.05, 0) is 78.6 Å². The van der Waals surface area contributed by atoms with E-state index in [2.05, 4.69) is 46.3 Å². The monoisotopic (exact) mass is 947 g/mol. The number of furan rings is 1. The maximum atomic E-state index is 14.3. The number of imidazole rings is 1. The second kappa shape index (κ2) is 16.1. The predicted octanol–water partition coefficient (Wildman–Crippen LogP) is 12.4.